The molecule has 0 aliphatic rings. The number of ether oxygens (including phenoxy) is 1. The molecule has 14 heavy (non-hydrogen) atoms. The van der Waals surface area contributed by atoms with Crippen LogP contribution in [0.2, 0.25) is 0 Å². The van der Waals surface area contributed by atoms with Crippen LogP contribution in [0.15, 0.2) is 18.2 Å². The highest BCUT2D eigenvalue weighted by Gasteiger charge is 2.13. The number of nitrogens with two attached hydrogens (primary N) is 1. The van der Waals surface area contributed by atoms with E-state index in [-0.39, 0.29) is 6.04 Å². The molecule has 0 saturated heterocycles. The predicted molar refractivity (Wildman–Crippen MR) is 56.3 cm³/mol. The fourth-order valence-electron chi connectivity index (χ4n) is 1.37. The average molecular weight is 195 g/mol. The SMILES string of the molecule is COc1cc(C)cc([C@@H](O)[C@H](C)N)c1. The maximum atomic E-state index is 9.76. The summed E-state index contributed by atoms with van der Waals surface area (Å²) in [6, 6.07) is 5.36. The molecular formula is C11H17NO2. The van der Waals surface area contributed by atoms with E-state index in [1.54, 1.807) is 20.1 Å². The van der Waals surface area contributed by atoms with E-state index in [0.29, 0.717) is 0 Å². The topological polar surface area (TPSA) is 55.5 Å². The third-order valence-electron chi connectivity index (χ3n) is 2.15. The molecule has 0 bridgehead atoms. The Morgan fingerprint density at radius 1 is 1.36 bits per heavy atom. The van der Waals surface area contributed by atoms with Crippen LogP contribution >= 0.6 is 0 Å². The van der Waals surface area contributed by atoms with Crippen molar-refractivity contribution in [1.29, 1.82) is 0 Å². The average Bonchev–Trinajstić information content (AvgIpc) is 2.15. The molecule has 2 atom stereocenters. The molecule has 0 aromatic heterocycles. The lowest BCUT2D eigenvalue weighted by Gasteiger charge is -2.16. The van der Waals surface area contributed by atoms with E-state index in [9.17, 15) is 5.11 Å². The first-order valence-corrected chi connectivity index (χ1v) is 4.64. The lowest BCUT2D eigenvalue weighted by Crippen LogP contribution is -2.24. The molecule has 0 amide bonds. The van der Waals surface area contributed by atoms with Crippen LogP contribution in [0.25, 0.3) is 0 Å². The summed E-state index contributed by atoms with van der Waals surface area (Å²) in [4.78, 5) is 0. The van der Waals surface area contributed by atoms with E-state index in [2.05, 4.69) is 0 Å². The van der Waals surface area contributed by atoms with Gasteiger partial charge in [-0.25, -0.2) is 0 Å². The minimum atomic E-state index is -0.635. The highest BCUT2D eigenvalue weighted by molar-refractivity contribution is 5.35. The molecule has 1 aromatic rings. The van der Waals surface area contributed by atoms with Gasteiger partial charge in [-0.1, -0.05) is 6.07 Å². The Bertz CT molecular complexity index is 310. The van der Waals surface area contributed by atoms with Gasteiger partial charge in [-0.2, -0.15) is 0 Å². The summed E-state index contributed by atoms with van der Waals surface area (Å²) in [5.41, 5.74) is 7.48. The first kappa shape index (κ1) is 11.0. The Balaban J connectivity index is 3.02. The minimum Gasteiger partial charge on any atom is -0.497 e. The van der Waals surface area contributed by atoms with Crippen LogP contribution in [0.5, 0.6) is 5.75 Å². The highest BCUT2D eigenvalue weighted by atomic mass is 16.5. The van der Waals surface area contributed by atoms with Crippen LogP contribution in [0.1, 0.15) is 24.2 Å². The second-order valence-electron chi connectivity index (χ2n) is 3.59. The summed E-state index contributed by atoms with van der Waals surface area (Å²) in [5, 5.41) is 9.76. The van der Waals surface area contributed by atoms with Gasteiger partial charge in [-0.15, -0.1) is 0 Å². The van der Waals surface area contributed by atoms with E-state index in [1.165, 1.54) is 0 Å². The molecule has 3 nitrogen and oxygen atoms in total. The fourth-order valence-corrected chi connectivity index (χ4v) is 1.37. The second kappa shape index (κ2) is 4.44. The van der Waals surface area contributed by atoms with E-state index in [4.69, 9.17) is 10.5 Å². The van der Waals surface area contributed by atoms with Gasteiger partial charge in [0.2, 0.25) is 0 Å². The number of methoxy groups -OCH3 is 1. The molecule has 0 fully saturated rings. The Morgan fingerprint density at radius 3 is 2.50 bits per heavy atom. The van der Waals surface area contributed by atoms with Crippen LogP contribution in [0.4, 0.5) is 0 Å². The van der Waals surface area contributed by atoms with Crippen molar-refractivity contribution in [3.05, 3.63) is 29.3 Å². The van der Waals surface area contributed by atoms with Crippen molar-refractivity contribution in [3.8, 4) is 5.75 Å². The predicted octanol–water partition coefficient (Wildman–Crippen LogP) is 1.38. The smallest absolute Gasteiger partial charge is 0.119 e. The molecule has 78 valence electrons. The molecule has 0 heterocycles. The zero-order chi connectivity index (χ0) is 10.7. The van der Waals surface area contributed by atoms with Crippen LogP contribution in [0.3, 0.4) is 0 Å². The summed E-state index contributed by atoms with van der Waals surface area (Å²) in [6.07, 6.45) is -0.635. The molecule has 0 saturated carbocycles. The van der Waals surface area contributed by atoms with Crippen LogP contribution in [-0.2, 0) is 0 Å². The lowest BCUT2D eigenvalue weighted by molar-refractivity contribution is 0.153. The zero-order valence-corrected chi connectivity index (χ0v) is 8.82. The highest BCUT2D eigenvalue weighted by Crippen LogP contribution is 2.22. The van der Waals surface area contributed by atoms with Gasteiger partial charge in [0, 0.05) is 6.04 Å². The number of aliphatic hydroxyl groups is 1. The summed E-state index contributed by atoms with van der Waals surface area (Å²) >= 11 is 0. The van der Waals surface area contributed by atoms with E-state index in [0.717, 1.165) is 16.9 Å². The van der Waals surface area contributed by atoms with Gasteiger partial charge in [0.1, 0.15) is 5.75 Å². The third kappa shape index (κ3) is 2.47. The van der Waals surface area contributed by atoms with E-state index in [1.807, 2.05) is 19.1 Å². The zero-order valence-electron chi connectivity index (χ0n) is 8.82. The normalized spacial score (nSPS) is 14.9. The minimum absolute atomic E-state index is 0.276. The molecule has 0 unspecified atom stereocenters. The van der Waals surface area contributed by atoms with Crippen molar-refractivity contribution in [2.45, 2.75) is 26.0 Å². The monoisotopic (exact) mass is 195 g/mol. The molecule has 0 aliphatic heterocycles. The van der Waals surface area contributed by atoms with Crippen molar-refractivity contribution in [1.82, 2.24) is 0 Å². The molecule has 0 radical (unpaired) electrons. The van der Waals surface area contributed by atoms with Gasteiger partial charge >= 0.3 is 0 Å². The van der Waals surface area contributed by atoms with Gasteiger partial charge in [0.25, 0.3) is 0 Å². The molecule has 3 heteroatoms. The first-order valence-electron chi connectivity index (χ1n) is 4.64. The molecule has 3 N–H and O–H groups in total. The van der Waals surface area contributed by atoms with Crippen LogP contribution in [-0.4, -0.2) is 18.3 Å². The molecule has 0 aliphatic carbocycles. The fraction of sp³-hybridized carbons (Fsp3) is 0.455. The number of hydrogen-bond acceptors (Lipinski definition) is 3. The van der Waals surface area contributed by atoms with Crippen LogP contribution in [0, 0.1) is 6.92 Å². The van der Waals surface area contributed by atoms with Gasteiger partial charge in [-0.05, 0) is 37.1 Å². The Morgan fingerprint density at radius 2 is 2.00 bits per heavy atom. The summed E-state index contributed by atoms with van der Waals surface area (Å²) < 4.78 is 5.11. The first-order chi connectivity index (χ1) is 6.54. The largest absolute Gasteiger partial charge is 0.497 e. The number of benzene rings is 1. The summed E-state index contributed by atoms with van der Waals surface area (Å²) in [5.74, 6) is 0.750. The molecular weight excluding hydrogens is 178 g/mol. The molecule has 0 spiro atoms. The van der Waals surface area contributed by atoms with Crippen molar-refractivity contribution in [2.75, 3.05) is 7.11 Å². The van der Waals surface area contributed by atoms with Gasteiger partial charge < -0.3 is 15.6 Å². The van der Waals surface area contributed by atoms with Gasteiger partial charge in [-0.3, -0.25) is 0 Å². The number of rotatable bonds is 3. The standard InChI is InChI=1S/C11H17NO2/c1-7-4-9(11(13)8(2)12)6-10(5-7)14-3/h4-6,8,11,13H,12H2,1-3H3/t8-,11-/m0/s1. The van der Waals surface area contributed by atoms with E-state index >= 15 is 0 Å². The molecule has 1 rings (SSSR count). The van der Waals surface area contributed by atoms with Crippen LogP contribution < -0.4 is 10.5 Å². The summed E-state index contributed by atoms with van der Waals surface area (Å²) in [6.45, 7) is 3.74. The van der Waals surface area contributed by atoms with Crippen molar-refractivity contribution in [2.24, 2.45) is 5.73 Å². The summed E-state index contributed by atoms with van der Waals surface area (Å²) in [7, 11) is 1.61. The van der Waals surface area contributed by atoms with Gasteiger partial charge in [0.15, 0.2) is 0 Å². The van der Waals surface area contributed by atoms with Crippen molar-refractivity contribution in [3.63, 3.8) is 0 Å². The van der Waals surface area contributed by atoms with Gasteiger partial charge in [0.05, 0.1) is 13.2 Å². The van der Waals surface area contributed by atoms with Crippen molar-refractivity contribution >= 4 is 0 Å². The Kier molecular flexibility index (Phi) is 3.49. The number of hydrogen-bond donors (Lipinski definition) is 2. The maximum Gasteiger partial charge on any atom is 0.119 e. The Labute approximate surface area is 84.5 Å². The second-order valence-corrected chi connectivity index (χ2v) is 3.59. The van der Waals surface area contributed by atoms with E-state index < -0.39 is 6.10 Å². The number of aryl methyl sites for hydroxylation is 1. The lowest BCUT2D eigenvalue weighted by atomic mass is 10.0. The molecule has 1 aromatic carbocycles. The third-order valence-corrected chi connectivity index (χ3v) is 2.15. The Hall–Kier alpha value is -1.06. The van der Waals surface area contributed by atoms with Crippen molar-refractivity contribution < 1.29 is 9.84 Å². The maximum absolute atomic E-state index is 9.76. The number of aliphatic hydroxyl groups excluding tert-OH is 1. The quantitative estimate of drug-likeness (QED) is 0.766.